The summed E-state index contributed by atoms with van der Waals surface area (Å²) in [5.74, 6) is -0.431. The predicted molar refractivity (Wildman–Crippen MR) is 119 cm³/mol. The molecule has 0 spiro atoms. The van der Waals surface area contributed by atoms with E-state index in [1.807, 2.05) is 30.3 Å². The summed E-state index contributed by atoms with van der Waals surface area (Å²) < 4.78 is 27.2. The molecule has 3 nitrogen and oxygen atoms in total. The molecule has 1 fully saturated rings. The Kier molecular flexibility index (Phi) is 5.48. The third-order valence-electron chi connectivity index (χ3n) is 6.24. The average Bonchev–Trinajstić information content (AvgIpc) is 2.76. The molecule has 30 heavy (non-hydrogen) atoms. The Morgan fingerprint density at radius 1 is 1.17 bits per heavy atom. The van der Waals surface area contributed by atoms with Crippen LogP contribution in [0.1, 0.15) is 18.4 Å². The highest BCUT2D eigenvalue weighted by Gasteiger charge is 2.39. The van der Waals surface area contributed by atoms with E-state index in [-0.39, 0.29) is 17.0 Å². The molecule has 2 aliphatic rings. The van der Waals surface area contributed by atoms with Crippen LogP contribution in [0.3, 0.4) is 0 Å². The SMILES string of the molecule is C=CC12CC=C(Nc3ccc(F)cc3)C=C1CCN(N(C)c1ccc(C)c(F)c1)C2. The van der Waals surface area contributed by atoms with Gasteiger partial charge in [0.15, 0.2) is 0 Å². The van der Waals surface area contributed by atoms with Crippen LogP contribution in [0.25, 0.3) is 0 Å². The molecule has 1 atom stereocenters. The molecule has 2 aromatic carbocycles. The number of anilines is 2. The zero-order valence-corrected chi connectivity index (χ0v) is 17.5. The van der Waals surface area contributed by atoms with Crippen molar-refractivity contribution in [1.29, 1.82) is 0 Å². The van der Waals surface area contributed by atoms with E-state index in [4.69, 9.17) is 0 Å². The van der Waals surface area contributed by atoms with E-state index in [0.717, 1.165) is 43.0 Å². The molecule has 1 aliphatic heterocycles. The van der Waals surface area contributed by atoms with Crippen molar-refractivity contribution in [3.63, 3.8) is 0 Å². The molecular formula is C25H27F2N3. The topological polar surface area (TPSA) is 18.5 Å². The number of allylic oxidation sites excluding steroid dienone is 2. The molecule has 0 saturated carbocycles. The van der Waals surface area contributed by atoms with Gasteiger partial charge in [-0.15, -0.1) is 6.58 Å². The van der Waals surface area contributed by atoms with Crippen molar-refractivity contribution < 1.29 is 8.78 Å². The molecule has 2 aromatic rings. The zero-order chi connectivity index (χ0) is 21.3. The average molecular weight is 408 g/mol. The molecule has 1 saturated heterocycles. The largest absolute Gasteiger partial charge is 0.356 e. The fourth-order valence-electron chi connectivity index (χ4n) is 4.22. The van der Waals surface area contributed by atoms with E-state index in [2.05, 4.69) is 29.1 Å². The lowest BCUT2D eigenvalue weighted by molar-refractivity contribution is 0.165. The normalized spacial score (nSPS) is 21.3. The van der Waals surface area contributed by atoms with Gasteiger partial charge >= 0.3 is 0 Å². The van der Waals surface area contributed by atoms with E-state index in [0.29, 0.717) is 5.56 Å². The molecule has 0 aromatic heterocycles. The van der Waals surface area contributed by atoms with Gasteiger partial charge in [-0.3, -0.25) is 0 Å². The molecule has 156 valence electrons. The molecule has 1 aliphatic carbocycles. The molecule has 0 radical (unpaired) electrons. The van der Waals surface area contributed by atoms with Crippen LogP contribution in [0.5, 0.6) is 0 Å². The summed E-state index contributed by atoms with van der Waals surface area (Å²) in [7, 11) is 1.98. The van der Waals surface area contributed by atoms with Gasteiger partial charge in [-0.25, -0.2) is 13.8 Å². The number of hydrazine groups is 1. The molecule has 0 amide bonds. The maximum atomic E-state index is 14.1. The number of nitrogens with one attached hydrogen (secondary N) is 1. The minimum absolute atomic E-state index is 0.149. The number of benzene rings is 2. The van der Waals surface area contributed by atoms with Crippen LogP contribution in [-0.4, -0.2) is 25.1 Å². The first-order valence-corrected chi connectivity index (χ1v) is 10.2. The number of halogens is 2. The number of nitrogens with zero attached hydrogens (tertiary/aromatic N) is 2. The number of rotatable bonds is 5. The van der Waals surface area contributed by atoms with Gasteiger partial charge in [-0.1, -0.05) is 23.8 Å². The molecule has 1 N–H and O–H groups in total. The standard InChI is InChI=1S/C25H27F2N3/c1-4-25-13-11-22(28-21-8-6-20(26)7-9-21)15-19(25)12-14-30(17-25)29(3)23-10-5-18(2)24(27)16-23/h4-11,15-16,28H,1,12-14,17H2,2-3H3. The minimum atomic E-state index is -0.243. The second-order valence-electron chi connectivity index (χ2n) is 8.12. The van der Waals surface area contributed by atoms with E-state index in [9.17, 15) is 8.78 Å². The van der Waals surface area contributed by atoms with E-state index >= 15 is 0 Å². The van der Waals surface area contributed by atoms with Crippen LogP contribution < -0.4 is 10.3 Å². The predicted octanol–water partition coefficient (Wildman–Crippen LogP) is 5.83. The van der Waals surface area contributed by atoms with E-state index in [1.165, 1.54) is 17.7 Å². The molecule has 1 unspecified atom stereocenters. The van der Waals surface area contributed by atoms with Crippen molar-refractivity contribution in [2.45, 2.75) is 19.8 Å². The Morgan fingerprint density at radius 2 is 1.93 bits per heavy atom. The van der Waals surface area contributed by atoms with Crippen molar-refractivity contribution in [2.75, 3.05) is 30.5 Å². The van der Waals surface area contributed by atoms with Crippen LogP contribution in [0.2, 0.25) is 0 Å². The lowest BCUT2D eigenvalue weighted by atomic mass is 9.71. The Labute approximate surface area is 177 Å². The highest BCUT2D eigenvalue weighted by atomic mass is 19.1. The van der Waals surface area contributed by atoms with Gasteiger partial charge in [0, 0.05) is 36.9 Å². The third kappa shape index (κ3) is 3.90. The molecule has 4 rings (SSSR count). The summed E-state index contributed by atoms with van der Waals surface area (Å²) in [5, 5.41) is 7.67. The maximum absolute atomic E-state index is 14.1. The van der Waals surface area contributed by atoms with Crippen molar-refractivity contribution in [3.8, 4) is 0 Å². The third-order valence-corrected chi connectivity index (χ3v) is 6.24. The summed E-state index contributed by atoms with van der Waals surface area (Å²) in [5.41, 5.74) is 4.57. The highest BCUT2D eigenvalue weighted by molar-refractivity contribution is 5.54. The molecule has 1 heterocycles. The number of piperidine rings is 1. The minimum Gasteiger partial charge on any atom is -0.356 e. The van der Waals surface area contributed by atoms with E-state index in [1.54, 1.807) is 25.1 Å². The van der Waals surface area contributed by atoms with Crippen molar-refractivity contribution >= 4 is 11.4 Å². The van der Waals surface area contributed by atoms with Crippen molar-refractivity contribution in [3.05, 3.63) is 95.7 Å². The summed E-state index contributed by atoms with van der Waals surface area (Å²) in [4.78, 5) is 0. The van der Waals surface area contributed by atoms with Crippen LogP contribution in [0.4, 0.5) is 20.2 Å². The lowest BCUT2D eigenvalue weighted by Gasteiger charge is -2.47. The Morgan fingerprint density at radius 3 is 2.63 bits per heavy atom. The van der Waals surface area contributed by atoms with Gasteiger partial charge in [-0.2, -0.15) is 0 Å². The quantitative estimate of drug-likeness (QED) is 0.629. The fourth-order valence-corrected chi connectivity index (χ4v) is 4.22. The summed E-state index contributed by atoms with van der Waals surface area (Å²) in [6, 6.07) is 11.7. The number of fused-ring (bicyclic) bond motifs is 1. The summed E-state index contributed by atoms with van der Waals surface area (Å²) in [6.45, 7) is 7.54. The zero-order valence-electron chi connectivity index (χ0n) is 17.5. The van der Waals surface area contributed by atoms with Gasteiger partial charge in [0.2, 0.25) is 0 Å². The molecular weight excluding hydrogens is 380 g/mol. The molecule has 0 bridgehead atoms. The van der Waals surface area contributed by atoms with Gasteiger partial charge in [0.25, 0.3) is 0 Å². The van der Waals surface area contributed by atoms with Gasteiger partial charge in [0.1, 0.15) is 11.6 Å². The second kappa shape index (κ2) is 8.07. The number of aryl methyl sites for hydroxylation is 1. The Hall–Kier alpha value is -2.92. The van der Waals surface area contributed by atoms with Crippen LogP contribution in [-0.2, 0) is 0 Å². The summed E-state index contributed by atoms with van der Waals surface area (Å²) >= 11 is 0. The van der Waals surface area contributed by atoms with Crippen molar-refractivity contribution in [2.24, 2.45) is 5.41 Å². The van der Waals surface area contributed by atoms with Gasteiger partial charge in [-0.05, 0) is 67.8 Å². The fraction of sp³-hybridized carbons (Fsp3) is 0.280. The van der Waals surface area contributed by atoms with E-state index < -0.39 is 0 Å². The van der Waals surface area contributed by atoms with Crippen molar-refractivity contribution in [1.82, 2.24) is 5.01 Å². The lowest BCUT2D eigenvalue weighted by Crippen LogP contribution is -2.51. The first kappa shape index (κ1) is 20.4. The van der Waals surface area contributed by atoms with Crippen LogP contribution in [0.15, 0.2) is 78.5 Å². The number of hydrogen-bond donors (Lipinski definition) is 1. The molecule has 5 heteroatoms. The summed E-state index contributed by atoms with van der Waals surface area (Å²) in [6.07, 6.45) is 8.13. The Balaban J connectivity index is 1.51. The Bertz CT molecular complexity index is 1010. The van der Waals surface area contributed by atoms with Crippen LogP contribution >= 0.6 is 0 Å². The second-order valence-corrected chi connectivity index (χ2v) is 8.12. The van der Waals surface area contributed by atoms with Crippen LogP contribution in [0, 0.1) is 24.0 Å². The number of hydrogen-bond acceptors (Lipinski definition) is 3. The maximum Gasteiger partial charge on any atom is 0.128 e. The monoisotopic (exact) mass is 407 g/mol. The highest BCUT2D eigenvalue weighted by Crippen LogP contribution is 2.44. The van der Waals surface area contributed by atoms with Gasteiger partial charge < -0.3 is 10.3 Å². The van der Waals surface area contributed by atoms with Gasteiger partial charge in [0.05, 0.1) is 5.69 Å². The first-order chi connectivity index (χ1) is 14.4. The first-order valence-electron chi connectivity index (χ1n) is 10.2. The smallest absolute Gasteiger partial charge is 0.128 e.